The molecule has 0 aromatic heterocycles. The van der Waals surface area contributed by atoms with Gasteiger partial charge in [-0.2, -0.15) is 0 Å². The number of rotatable bonds is 3. The van der Waals surface area contributed by atoms with Crippen molar-refractivity contribution in [2.75, 3.05) is 0 Å². The summed E-state index contributed by atoms with van der Waals surface area (Å²) in [6.45, 7) is 5.74. The van der Waals surface area contributed by atoms with Crippen LogP contribution in [0.4, 0.5) is 0 Å². The maximum atomic E-state index is 12.3. The zero-order valence-electron chi connectivity index (χ0n) is 11.2. The zero-order valence-corrected chi connectivity index (χ0v) is 11.2. The normalized spacial score (nSPS) is 29.6. The molecule has 0 amide bonds. The number of Topliss-reactive ketones (excluding diaryl/α,β-unsaturated/α-hetero) is 2. The van der Waals surface area contributed by atoms with E-state index in [0.717, 1.165) is 6.42 Å². The van der Waals surface area contributed by atoms with E-state index < -0.39 is 5.92 Å². The highest BCUT2D eigenvalue weighted by molar-refractivity contribution is 6.11. The van der Waals surface area contributed by atoms with Crippen LogP contribution in [-0.2, 0) is 9.59 Å². The van der Waals surface area contributed by atoms with Crippen molar-refractivity contribution in [3.63, 3.8) is 0 Å². The van der Waals surface area contributed by atoms with Crippen molar-refractivity contribution >= 4 is 11.6 Å². The smallest absolute Gasteiger partial charge is 0.147 e. The highest BCUT2D eigenvalue weighted by Crippen LogP contribution is 2.41. The molecule has 4 atom stereocenters. The van der Waals surface area contributed by atoms with Gasteiger partial charge in [0.2, 0.25) is 0 Å². The van der Waals surface area contributed by atoms with Crippen LogP contribution in [0.25, 0.3) is 0 Å². The predicted octanol–water partition coefficient (Wildman–Crippen LogP) is 3.22. The molecule has 0 N–H and O–H groups in total. The van der Waals surface area contributed by atoms with E-state index in [1.807, 2.05) is 25.1 Å². The van der Waals surface area contributed by atoms with Gasteiger partial charge in [0.25, 0.3) is 0 Å². The predicted molar refractivity (Wildman–Crippen MR) is 71.3 cm³/mol. The Morgan fingerprint density at radius 3 is 2.11 bits per heavy atom. The van der Waals surface area contributed by atoms with Crippen LogP contribution in [0.3, 0.4) is 0 Å². The molecule has 1 aliphatic carbocycles. The molecule has 1 saturated carbocycles. The minimum absolute atomic E-state index is 0.111. The van der Waals surface area contributed by atoms with Gasteiger partial charge in [-0.05, 0) is 24.8 Å². The lowest BCUT2D eigenvalue weighted by atomic mass is 9.78. The van der Waals surface area contributed by atoms with Gasteiger partial charge in [-0.1, -0.05) is 44.2 Å². The Labute approximate surface area is 108 Å². The molecule has 1 fully saturated rings. The van der Waals surface area contributed by atoms with Crippen molar-refractivity contribution < 1.29 is 9.59 Å². The molecule has 2 rings (SSSR count). The molecule has 0 radical (unpaired) electrons. The Morgan fingerprint density at radius 2 is 1.67 bits per heavy atom. The van der Waals surface area contributed by atoms with Gasteiger partial charge in [-0.25, -0.2) is 0 Å². The minimum atomic E-state index is -0.414. The molecule has 1 aliphatic rings. The molecule has 96 valence electrons. The van der Waals surface area contributed by atoms with Crippen molar-refractivity contribution in [2.24, 2.45) is 17.8 Å². The lowest BCUT2D eigenvalue weighted by Crippen LogP contribution is -2.23. The summed E-state index contributed by atoms with van der Waals surface area (Å²) in [6.07, 6.45) is 0.894. The molecule has 18 heavy (non-hydrogen) atoms. The first kappa shape index (κ1) is 13.0. The average Bonchev–Trinajstić information content (AvgIpc) is 2.59. The van der Waals surface area contributed by atoms with Crippen LogP contribution in [-0.4, -0.2) is 11.6 Å². The fraction of sp³-hybridized carbons (Fsp3) is 0.500. The molecule has 1 aromatic rings. The van der Waals surface area contributed by atoms with Gasteiger partial charge in [0.1, 0.15) is 11.6 Å². The maximum Gasteiger partial charge on any atom is 0.147 e. The van der Waals surface area contributed by atoms with Gasteiger partial charge in [0.15, 0.2) is 0 Å². The van der Waals surface area contributed by atoms with Crippen LogP contribution >= 0.6 is 0 Å². The van der Waals surface area contributed by atoms with Gasteiger partial charge >= 0.3 is 0 Å². The largest absolute Gasteiger partial charge is 0.299 e. The Balaban J connectivity index is 2.35. The average molecular weight is 244 g/mol. The third-order valence-electron chi connectivity index (χ3n) is 4.27. The highest BCUT2D eigenvalue weighted by Gasteiger charge is 2.47. The second-order valence-corrected chi connectivity index (χ2v) is 5.27. The summed E-state index contributed by atoms with van der Waals surface area (Å²) in [5.74, 6) is -0.287. The molecular weight excluding hydrogens is 224 g/mol. The summed E-state index contributed by atoms with van der Waals surface area (Å²) in [4.78, 5) is 24.2. The summed E-state index contributed by atoms with van der Waals surface area (Å²) in [6, 6.07) is 10.1. The molecule has 0 aliphatic heterocycles. The van der Waals surface area contributed by atoms with Crippen molar-refractivity contribution in [1.29, 1.82) is 0 Å². The number of ketones is 2. The summed E-state index contributed by atoms with van der Waals surface area (Å²) in [5.41, 5.74) is 1.17. The molecular formula is C16H20O2. The number of benzene rings is 1. The second-order valence-electron chi connectivity index (χ2n) is 5.27. The molecule has 0 bridgehead atoms. The molecule has 2 heteroatoms. The number of carbonyl (C=O) groups excluding carboxylic acids is 2. The number of hydrogen-bond donors (Lipinski definition) is 0. The van der Waals surface area contributed by atoms with Crippen molar-refractivity contribution in [2.45, 2.75) is 33.1 Å². The van der Waals surface area contributed by atoms with E-state index in [0.29, 0.717) is 0 Å². The Hall–Kier alpha value is -1.44. The standard InChI is InChI=1S/C16H20O2/c1-4-13(12-8-6-5-7-9-12)14-10(2)15(17)11(3)16(14)18/h5-11,13-14H,4H2,1-3H3. The van der Waals surface area contributed by atoms with Crippen molar-refractivity contribution in [3.05, 3.63) is 35.9 Å². The fourth-order valence-electron chi connectivity index (χ4n) is 3.19. The Morgan fingerprint density at radius 1 is 1.06 bits per heavy atom. The monoisotopic (exact) mass is 244 g/mol. The van der Waals surface area contributed by atoms with Gasteiger partial charge in [0, 0.05) is 11.8 Å². The summed E-state index contributed by atoms with van der Waals surface area (Å²) in [5, 5.41) is 0. The summed E-state index contributed by atoms with van der Waals surface area (Å²) < 4.78 is 0. The number of hydrogen-bond acceptors (Lipinski definition) is 2. The molecule has 2 nitrogen and oxygen atoms in total. The van der Waals surface area contributed by atoms with E-state index in [1.54, 1.807) is 6.92 Å². The summed E-state index contributed by atoms with van der Waals surface area (Å²) >= 11 is 0. The highest BCUT2D eigenvalue weighted by atomic mass is 16.2. The fourth-order valence-corrected chi connectivity index (χ4v) is 3.19. The van der Waals surface area contributed by atoms with E-state index in [2.05, 4.69) is 19.1 Å². The van der Waals surface area contributed by atoms with Crippen LogP contribution in [0.2, 0.25) is 0 Å². The minimum Gasteiger partial charge on any atom is -0.299 e. The first-order valence-electron chi connectivity index (χ1n) is 6.70. The van der Waals surface area contributed by atoms with Crippen LogP contribution < -0.4 is 0 Å². The topological polar surface area (TPSA) is 34.1 Å². The molecule has 0 spiro atoms. The quantitative estimate of drug-likeness (QED) is 0.765. The maximum absolute atomic E-state index is 12.3. The summed E-state index contributed by atoms with van der Waals surface area (Å²) in [7, 11) is 0. The second kappa shape index (κ2) is 5.05. The third-order valence-corrected chi connectivity index (χ3v) is 4.27. The zero-order chi connectivity index (χ0) is 13.3. The first-order valence-corrected chi connectivity index (χ1v) is 6.70. The SMILES string of the molecule is CCC(c1ccccc1)C1C(=O)C(C)C(=O)C1C. The van der Waals surface area contributed by atoms with Crippen LogP contribution in [0.15, 0.2) is 30.3 Å². The van der Waals surface area contributed by atoms with Crippen LogP contribution in [0.1, 0.15) is 38.7 Å². The molecule has 0 saturated heterocycles. The van der Waals surface area contributed by atoms with E-state index in [9.17, 15) is 9.59 Å². The lowest BCUT2D eigenvalue weighted by molar-refractivity contribution is -0.127. The van der Waals surface area contributed by atoms with Gasteiger partial charge < -0.3 is 0 Å². The molecule has 0 heterocycles. The van der Waals surface area contributed by atoms with E-state index >= 15 is 0 Å². The Bertz CT molecular complexity index is 449. The lowest BCUT2D eigenvalue weighted by Gasteiger charge is -2.24. The van der Waals surface area contributed by atoms with Crippen molar-refractivity contribution in [1.82, 2.24) is 0 Å². The molecule has 4 unspecified atom stereocenters. The first-order chi connectivity index (χ1) is 8.57. The van der Waals surface area contributed by atoms with Gasteiger partial charge in [-0.15, -0.1) is 0 Å². The van der Waals surface area contributed by atoms with E-state index in [-0.39, 0.29) is 29.3 Å². The van der Waals surface area contributed by atoms with Crippen LogP contribution in [0, 0.1) is 17.8 Å². The van der Waals surface area contributed by atoms with Crippen molar-refractivity contribution in [3.8, 4) is 0 Å². The van der Waals surface area contributed by atoms with E-state index in [1.165, 1.54) is 5.56 Å². The van der Waals surface area contributed by atoms with Gasteiger partial charge in [0.05, 0.1) is 5.92 Å². The van der Waals surface area contributed by atoms with E-state index in [4.69, 9.17) is 0 Å². The Kier molecular flexibility index (Phi) is 3.65. The number of carbonyl (C=O) groups is 2. The third kappa shape index (κ3) is 2.00. The van der Waals surface area contributed by atoms with Crippen LogP contribution in [0.5, 0.6) is 0 Å². The molecule has 1 aromatic carbocycles. The van der Waals surface area contributed by atoms with Gasteiger partial charge in [-0.3, -0.25) is 9.59 Å².